The van der Waals surface area contributed by atoms with Gasteiger partial charge in [0.2, 0.25) is 5.91 Å². The van der Waals surface area contributed by atoms with Gasteiger partial charge in [0.15, 0.2) is 0 Å². The number of aromatic nitrogens is 2. The van der Waals surface area contributed by atoms with Crippen LogP contribution in [0.4, 0.5) is 22.8 Å². The lowest BCUT2D eigenvalue weighted by Gasteiger charge is -2.23. The highest BCUT2D eigenvalue weighted by molar-refractivity contribution is 5.86. The summed E-state index contributed by atoms with van der Waals surface area (Å²) in [6, 6.07) is 3.60. The Bertz CT molecular complexity index is 1080. The normalized spacial score (nSPS) is 13.0. The number of alkyl carbamates (subject to hydrolysis) is 1. The maximum absolute atomic E-state index is 13.3. The quantitative estimate of drug-likeness (QED) is 0.592. The van der Waals surface area contributed by atoms with Gasteiger partial charge >= 0.3 is 18.4 Å². The van der Waals surface area contributed by atoms with Gasteiger partial charge in [0.25, 0.3) is 0 Å². The fraction of sp³-hybridized carbons (Fsp3) is 0.500. The van der Waals surface area contributed by atoms with Gasteiger partial charge < -0.3 is 20.1 Å². The Morgan fingerprint density at radius 2 is 1.61 bits per heavy atom. The van der Waals surface area contributed by atoms with E-state index in [0.29, 0.717) is 0 Å². The topological polar surface area (TPSA) is 112 Å². The molecule has 0 saturated heterocycles. The Morgan fingerprint density at radius 1 is 1.00 bits per heavy atom. The summed E-state index contributed by atoms with van der Waals surface area (Å²) in [7, 11) is 0. The first-order valence-corrected chi connectivity index (χ1v) is 11.1. The third-order valence-electron chi connectivity index (χ3n) is 4.44. The average molecular weight is 513 g/mol. The second-order valence-electron chi connectivity index (χ2n) is 10.0. The number of carbonyl (C=O) groups is 3. The van der Waals surface area contributed by atoms with Crippen LogP contribution < -0.4 is 10.6 Å². The minimum absolute atomic E-state index is 0.136. The van der Waals surface area contributed by atoms with E-state index in [2.05, 4.69) is 15.6 Å². The molecule has 1 aromatic carbocycles. The van der Waals surface area contributed by atoms with Crippen molar-refractivity contribution < 1.29 is 37.0 Å². The number of rotatable bonds is 6. The van der Waals surface area contributed by atoms with Crippen molar-refractivity contribution in [3.05, 3.63) is 53.6 Å². The molecule has 0 fully saturated rings. The number of benzene rings is 1. The molecule has 2 N–H and O–H groups in total. The van der Waals surface area contributed by atoms with Crippen LogP contribution >= 0.6 is 0 Å². The van der Waals surface area contributed by atoms with Gasteiger partial charge in [0.1, 0.15) is 23.6 Å². The number of halogens is 3. The lowest BCUT2D eigenvalue weighted by atomic mass is 10.1. The Labute approximate surface area is 207 Å². The summed E-state index contributed by atoms with van der Waals surface area (Å²) in [5.74, 6) is -0.760. The maximum Gasteiger partial charge on any atom is 0.419 e. The summed E-state index contributed by atoms with van der Waals surface area (Å²) >= 11 is 0. The highest BCUT2D eigenvalue weighted by Gasteiger charge is 2.33. The van der Waals surface area contributed by atoms with E-state index in [1.807, 2.05) is 0 Å². The van der Waals surface area contributed by atoms with Crippen molar-refractivity contribution >= 4 is 18.1 Å². The Kier molecular flexibility index (Phi) is 8.76. The summed E-state index contributed by atoms with van der Waals surface area (Å²) in [6.07, 6.45) is -3.81. The number of alkyl halides is 3. The van der Waals surface area contributed by atoms with E-state index in [9.17, 15) is 27.6 Å². The van der Waals surface area contributed by atoms with Gasteiger partial charge in [-0.05, 0) is 53.2 Å². The van der Waals surface area contributed by atoms with Gasteiger partial charge in [-0.25, -0.2) is 19.1 Å². The van der Waals surface area contributed by atoms with Crippen molar-refractivity contribution in [2.75, 3.05) is 0 Å². The third-order valence-corrected chi connectivity index (χ3v) is 4.44. The summed E-state index contributed by atoms with van der Waals surface area (Å²) in [5, 5.41) is 4.84. The zero-order valence-corrected chi connectivity index (χ0v) is 21.0. The van der Waals surface area contributed by atoms with Crippen molar-refractivity contribution in [3.8, 4) is 0 Å². The van der Waals surface area contributed by atoms with Crippen LogP contribution in [0.3, 0.4) is 0 Å². The van der Waals surface area contributed by atoms with Crippen LogP contribution in [0.25, 0.3) is 0 Å². The molecule has 0 aliphatic rings. The van der Waals surface area contributed by atoms with Crippen molar-refractivity contribution in [2.24, 2.45) is 0 Å². The Hall–Kier alpha value is -3.57. The van der Waals surface area contributed by atoms with Crippen LogP contribution in [0.5, 0.6) is 0 Å². The maximum atomic E-state index is 13.3. The number of amides is 2. The number of ether oxygens (including phenoxy) is 2. The molecule has 1 heterocycles. The number of hydrogen-bond donors (Lipinski definition) is 2. The lowest BCUT2D eigenvalue weighted by Crippen LogP contribution is -2.49. The molecule has 1 aromatic heterocycles. The molecule has 0 spiro atoms. The molecule has 1 atom stereocenters. The summed E-state index contributed by atoms with van der Waals surface area (Å²) in [5.41, 5.74) is -2.35. The first kappa shape index (κ1) is 28.7. The van der Waals surface area contributed by atoms with Crippen molar-refractivity contribution in [2.45, 2.75) is 77.9 Å². The standard InChI is InChI=1S/C24H31F3N4O5/c1-22(2,3)35-20(33)30-18(11-16-13-31(14-29-16)21(34)36-23(4,5)6)19(32)28-12-15-9-7-8-10-17(15)24(25,26)27/h7-10,13-14,18H,11-12H2,1-6H3,(H,28,32)(H,30,33)/t18-/m0/s1. The van der Waals surface area contributed by atoms with Gasteiger partial charge in [0, 0.05) is 19.2 Å². The molecule has 12 heteroatoms. The summed E-state index contributed by atoms with van der Waals surface area (Å²) in [6.45, 7) is 9.59. The zero-order chi connectivity index (χ0) is 27.3. The second-order valence-corrected chi connectivity index (χ2v) is 10.0. The second kappa shape index (κ2) is 11.0. The third kappa shape index (κ3) is 9.23. The molecular weight excluding hydrogens is 481 g/mol. The molecule has 0 aliphatic heterocycles. The smallest absolute Gasteiger partial charge is 0.419 e. The number of imidazole rings is 1. The fourth-order valence-electron chi connectivity index (χ4n) is 3.01. The molecule has 2 aromatic rings. The fourth-order valence-corrected chi connectivity index (χ4v) is 3.01. The Balaban J connectivity index is 2.19. The molecule has 0 unspecified atom stereocenters. The van der Waals surface area contributed by atoms with Gasteiger partial charge in [-0.2, -0.15) is 13.2 Å². The summed E-state index contributed by atoms with van der Waals surface area (Å²) < 4.78 is 51.4. The number of hydrogen-bond acceptors (Lipinski definition) is 6. The number of carbonyl (C=O) groups excluding carboxylic acids is 3. The molecule has 36 heavy (non-hydrogen) atoms. The predicted octanol–water partition coefficient (Wildman–Crippen LogP) is 4.44. The van der Waals surface area contributed by atoms with Crippen LogP contribution in [-0.4, -0.2) is 44.9 Å². The van der Waals surface area contributed by atoms with Crippen molar-refractivity contribution in [3.63, 3.8) is 0 Å². The number of nitrogens with one attached hydrogen (secondary N) is 2. The minimum Gasteiger partial charge on any atom is -0.444 e. The molecule has 0 saturated carbocycles. The predicted molar refractivity (Wildman–Crippen MR) is 124 cm³/mol. The van der Waals surface area contributed by atoms with Crippen LogP contribution in [-0.2, 0) is 33.4 Å². The molecule has 9 nitrogen and oxygen atoms in total. The van der Waals surface area contributed by atoms with Gasteiger partial charge in [-0.1, -0.05) is 18.2 Å². The van der Waals surface area contributed by atoms with E-state index < -0.39 is 53.6 Å². The van der Waals surface area contributed by atoms with Crippen LogP contribution in [0.2, 0.25) is 0 Å². The van der Waals surface area contributed by atoms with Gasteiger partial charge in [0.05, 0.1) is 11.3 Å². The van der Waals surface area contributed by atoms with E-state index in [-0.39, 0.29) is 17.7 Å². The molecule has 2 amide bonds. The van der Waals surface area contributed by atoms with E-state index in [1.165, 1.54) is 30.7 Å². The lowest BCUT2D eigenvalue weighted by molar-refractivity contribution is -0.138. The van der Waals surface area contributed by atoms with Crippen LogP contribution in [0.15, 0.2) is 36.8 Å². The van der Waals surface area contributed by atoms with E-state index in [0.717, 1.165) is 10.6 Å². The first-order chi connectivity index (χ1) is 16.4. The molecule has 198 valence electrons. The van der Waals surface area contributed by atoms with Crippen molar-refractivity contribution in [1.29, 1.82) is 0 Å². The highest BCUT2D eigenvalue weighted by atomic mass is 19.4. The minimum atomic E-state index is -4.59. The number of nitrogens with zero attached hydrogens (tertiary/aromatic N) is 2. The van der Waals surface area contributed by atoms with Crippen LogP contribution in [0.1, 0.15) is 58.4 Å². The molecule has 0 radical (unpaired) electrons. The van der Waals surface area contributed by atoms with Crippen molar-refractivity contribution in [1.82, 2.24) is 20.2 Å². The van der Waals surface area contributed by atoms with E-state index >= 15 is 0 Å². The van der Waals surface area contributed by atoms with E-state index in [4.69, 9.17) is 9.47 Å². The first-order valence-electron chi connectivity index (χ1n) is 11.1. The van der Waals surface area contributed by atoms with Gasteiger partial charge in [-0.15, -0.1) is 0 Å². The zero-order valence-electron chi connectivity index (χ0n) is 21.0. The highest BCUT2D eigenvalue weighted by Crippen LogP contribution is 2.31. The van der Waals surface area contributed by atoms with E-state index in [1.54, 1.807) is 41.5 Å². The monoisotopic (exact) mass is 512 g/mol. The van der Waals surface area contributed by atoms with Crippen LogP contribution in [0, 0.1) is 0 Å². The summed E-state index contributed by atoms with van der Waals surface area (Å²) in [4.78, 5) is 41.6. The molecular formula is C24H31F3N4O5. The van der Waals surface area contributed by atoms with Gasteiger partial charge in [-0.3, -0.25) is 4.79 Å². The molecule has 0 aliphatic carbocycles. The largest absolute Gasteiger partial charge is 0.444 e. The Morgan fingerprint density at radius 3 is 2.19 bits per heavy atom. The SMILES string of the molecule is CC(C)(C)OC(=O)N[C@@H](Cc1cn(C(=O)OC(C)(C)C)cn1)C(=O)NCc1ccccc1C(F)(F)F. The molecule has 2 rings (SSSR count). The molecule has 0 bridgehead atoms. The average Bonchev–Trinajstić information content (AvgIpc) is 3.17.